The number of piperazine rings is 1. The zero-order chi connectivity index (χ0) is 28.3. The summed E-state index contributed by atoms with van der Waals surface area (Å²) in [5, 5.41) is 9.52. The minimum absolute atomic E-state index is 0.266. The van der Waals surface area contributed by atoms with E-state index < -0.39 is 10.0 Å². The summed E-state index contributed by atoms with van der Waals surface area (Å²) in [5.41, 5.74) is 5.64. The van der Waals surface area contributed by atoms with Gasteiger partial charge < -0.3 is 10.6 Å². The number of aryl methyl sites for hydroxylation is 1. The maximum atomic E-state index is 13.0. The van der Waals surface area contributed by atoms with Crippen LogP contribution in [0.2, 0.25) is 5.02 Å². The maximum Gasteiger partial charge on any atom is 0.255 e. The lowest BCUT2D eigenvalue weighted by molar-refractivity contribution is 0.102. The highest BCUT2D eigenvalue weighted by Gasteiger charge is 2.24. The highest BCUT2D eigenvalue weighted by molar-refractivity contribution is 7.88. The molecule has 208 valence electrons. The molecule has 2 N–H and O–H groups in total. The Morgan fingerprint density at radius 1 is 1.10 bits per heavy atom. The molecule has 1 amide bonds. The van der Waals surface area contributed by atoms with E-state index in [2.05, 4.69) is 25.5 Å². The zero-order valence-corrected chi connectivity index (χ0v) is 24.5. The lowest BCUT2D eigenvalue weighted by Crippen LogP contribution is -2.47. The van der Waals surface area contributed by atoms with Crippen LogP contribution in [0.15, 0.2) is 66.3 Å². The van der Waals surface area contributed by atoms with Gasteiger partial charge in [-0.2, -0.15) is 4.31 Å². The third-order valence-corrected chi connectivity index (χ3v) is 9.12. The Kier molecular flexibility index (Phi) is 8.48. The molecule has 12 heteroatoms. The number of anilines is 3. The number of amides is 1. The third kappa shape index (κ3) is 6.86. The van der Waals surface area contributed by atoms with Gasteiger partial charge in [-0.1, -0.05) is 23.7 Å². The molecule has 1 aliphatic heterocycles. The Bertz CT molecular complexity index is 1620. The average Bonchev–Trinajstić information content (AvgIpc) is 3.40. The van der Waals surface area contributed by atoms with Crippen LogP contribution in [-0.2, 0) is 16.6 Å². The van der Waals surface area contributed by atoms with Crippen molar-refractivity contribution in [3.8, 4) is 11.3 Å². The number of carbonyl (C=O) groups is 1. The fourth-order valence-corrected chi connectivity index (χ4v) is 6.21. The lowest BCUT2D eigenvalue weighted by Gasteiger charge is -2.33. The molecular formula is C28H29ClN6O3S2. The second-order valence-corrected chi connectivity index (χ2v) is 12.9. The molecule has 0 unspecified atom stereocenters. The SMILES string of the molecule is Cc1ccc(NC(=O)c2ccc(CN3CCN(S(C)(=O)=O)CC3)c(Cl)c2)cc1Nc1nc(-c2cccnc2)cs1. The number of aromatic nitrogens is 2. The molecule has 0 atom stereocenters. The molecular weight excluding hydrogens is 568 g/mol. The second kappa shape index (κ2) is 12.0. The normalized spacial score (nSPS) is 14.7. The van der Waals surface area contributed by atoms with Crippen LogP contribution < -0.4 is 10.6 Å². The number of hydrogen-bond donors (Lipinski definition) is 2. The van der Waals surface area contributed by atoms with Gasteiger partial charge in [-0.05, 0) is 54.4 Å². The summed E-state index contributed by atoms with van der Waals surface area (Å²) in [7, 11) is -3.17. The Labute approximate surface area is 242 Å². The van der Waals surface area contributed by atoms with Gasteiger partial charge in [-0.25, -0.2) is 13.4 Å². The summed E-state index contributed by atoms with van der Waals surface area (Å²) < 4.78 is 25.0. The standard InChI is InChI=1S/C28H29ClN6O3S2/c1-19-5-8-23(15-25(19)32-28-33-26(18-39-28)21-4-3-9-30-16-21)31-27(36)20-6-7-22(24(29)14-20)17-34-10-12-35(13-11-34)40(2,37)38/h3-9,14-16,18H,10-13,17H2,1-2H3,(H,31,36)(H,32,33). The predicted molar refractivity (Wildman–Crippen MR) is 161 cm³/mol. The van der Waals surface area contributed by atoms with E-state index in [4.69, 9.17) is 11.6 Å². The number of benzene rings is 2. The van der Waals surface area contributed by atoms with Crippen molar-refractivity contribution >= 4 is 55.4 Å². The number of pyridine rings is 1. The quantitative estimate of drug-likeness (QED) is 0.286. The first-order valence-electron chi connectivity index (χ1n) is 12.7. The van der Waals surface area contributed by atoms with Gasteiger partial charge in [-0.3, -0.25) is 14.7 Å². The second-order valence-electron chi connectivity index (χ2n) is 9.63. The minimum Gasteiger partial charge on any atom is -0.331 e. The van der Waals surface area contributed by atoms with Gasteiger partial charge in [0, 0.05) is 78.0 Å². The monoisotopic (exact) mass is 596 g/mol. The summed E-state index contributed by atoms with van der Waals surface area (Å²) in [6.07, 6.45) is 4.74. The van der Waals surface area contributed by atoms with Crippen LogP contribution in [0.3, 0.4) is 0 Å². The highest BCUT2D eigenvalue weighted by Crippen LogP contribution is 2.30. The Hall–Kier alpha value is -3.35. The first kappa shape index (κ1) is 28.2. The van der Waals surface area contributed by atoms with Crippen molar-refractivity contribution in [3.05, 3.63) is 88.0 Å². The smallest absolute Gasteiger partial charge is 0.255 e. The van der Waals surface area contributed by atoms with Crippen LogP contribution in [0.4, 0.5) is 16.5 Å². The lowest BCUT2D eigenvalue weighted by atomic mass is 10.1. The van der Waals surface area contributed by atoms with Gasteiger partial charge in [0.05, 0.1) is 11.9 Å². The van der Waals surface area contributed by atoms with Crippen LogP contribution in [0.5, 0.6) is 0 Å². The van der Waals surface area contributed by atoms with E-state index in [1.807, 2.05) is 48.7 Å². The minimum atomic E-state index is -3.17. The van der Waals surface area contributed by atoms with E-state index in [0.29, 0.717) is 49.0 Å². The van der Waals surface area contributed by atoms with Crippen LogP contribution in [0.1, 0.15) is 21.5 Å². The fraction of sp³-hybridized carbons (Fsp3) is 0.250. The predicted octanol–water partition coefficient (Wildman–Crippen LogP) is 5.24. The van der Waals surface area contributed by atoms with Crippen molar-refractivity contribution in [3.63, 3.8) is 0 Å². The largest absolute Gasteiger partial charge is 0.331 e. The highest BCUT2D eigenvalue weighted by atomic mass is 35.5. The molecule has 2 aromatic heterocycles. The first-order valence-corrected chi connectivity index (χ1v) is 15.8. The molecule has 2 aromatic carbocycles. The van der Waals surface area contributed by atoms with Gasteiger partial charge in [0.1, 0.15) is 0 Å². The number of halogens is 1. The molecule has 4 aromatic rings. The Morgan fingerprint density at radius 3 is 2.60 bits per heavy atom. The summed E-state index contributed by atoms with van der Waals surface area (Å²) in [4.78, 5) is 24.0. The number of rotatable bonds is 8. The fourth-order valence-electron chi connectivity index (χ4n) is 4.41. The number of hydrogen-bond acceptors (Lipinski definition) is 8. The van der Waals surface area contributed by atoms with Crippen LogP contribution in [0.25, 0.3) is 11.3 Å². The Balaban J connectivity index is 1.22. The van der Waals surface area contributed by atoms with Gasteiger partial charge in [-0.15, -0.1) is 11.3 Å². The summed E-state index contributed by atoms with van der Waals surface area (Å²) in [6.45, 7) is 4.74. The van der Waals surface area contributed by atoms with Gasteiger partial charge in [0.15, 0.2) is 5.13 Å². The van der Waals surface area contributed by atoms with Crippen LogP contribution >= 0.6 is 22.9 Å². The van der Waals surface area contributed by atoms with E-state index in [0.717, 1.165) is 33.2 Å². The summed E-state index contributed by atoms with van der Waals surface area (Å²) in [5.74, 6) is -0.266. The molecule has 3 heterocycles. The number of nitrogens with zero attached hydrogens (tertiary/aromatic N) is 4. The van der Waals surface area contributed by atoms with Crippen molar-refractivity contribution in [1.82, 2.24) is 19.2 Å². The van der Waals surface area contributed by atoms with Crippen LogP contribution in [0, 0.1) is 6.92 Å². The van der Waals surface area contributed by atoms with E-state index >= 15 is 0 Å². The maximum absolute atomic E-state index is 13.0. The number of nitrogens with one attached hydrogen (secondary N) is 2. The van der Waals surface area contributed by atoms with E-state index in [1.54, 1.807) is 24.5 Å². The van der Waals surface area contributed by atoms with E-state index in [1.165, 1.54) is 21.9 Å². The van der Waals surface area contributed by atoms with Gasteiger partial charge >= 0.3 is 0 Å². The zero-order valence-electron chi connectivity index (χ0n) is 22.1. The molecule has 0 radical (unpaired) electrons. The van der Waals surface area contributed by atoms with Gasteiger partial charge in [0.2, 0.25) is 10.0 Å². The Morgan fingerprint density at radius 2 is 1.90 bits per heavy atom. The van der Waals surface area contributed by atoms with E-state index in [9.17, 15) is 13.2 Å². The molecule has 40 heavy (non-hydrogen) atoms. The molecule has 1 fully saturated rings. The number of thiazole rings is 1. The number of carbonyl (C=O) groups excluding carboxylic acids is 1. The summed E-state index contributed by atoms with van der Waals surface area (Å²) in [6, 6.07) is 14.8. The third-order valence-electron chi connectivity index (χ3n) is 6.71. The molecule has 9 nitrogen and oxygen atoms in total. The van der Waals surface area contributed by atoms with Crippen molar-refractivity contribution in [2.45, 2.75) is 13.5 Å². The number of sulfonamides is 1. The molecule has 1 saturated heterocycles. The van der Waals surface area contributed by atoms with Gasteiger partial charge in [0.25, 0.3) is 5.91 Å². The molecule has 1 aliphatic rings. The van der Waals surface area contributed by atoms with Crippen molar-refractivity contribution in [2.24, 2.45) is 0 Å². The molecule has 0 bridgehead atoms. The van der Waals surface area contributed by atoms with E-state index in [-0.39, 0.29) is 5.91 Å². The topological polar surface area (TPSA) is 108 Å². The first-order chi connectivity index (χ1) is 19.2. The summed E-state index contributed by atoms with van der Waals surface area (Å²) >= 11 is 8.04. The van der Waals surface area contributed by atoms with Crippen LogP contribution in [-0.4, -0.2) is 65.9 Å². The average molecular weight is 597 g/mol. The molecule has 0 saturated carbocycles. The van der Waals surface area contributed by atoms with Crippen molar-refractivity contribution in [2.75, 3.05) is 43.1 Å². The van der Waals surface area contributed by atoms with Crippen molar-refractivity contribution in [1.29, 1.82) is 0 Å². The molecule has 5 rings (SSSR count). The van der Waals surface area contributed by atoms with Crippen molar-refractivity contribution < 1.29 is 13.2 Å². The molecule has 0 aliphatic carbocycles. The molecule has 0 spiro atoms.